The van der Waals surface area contributed by atoms with Crippen molar-refractivity contribution in [2.45, 2.75) is 37.9 Å². The van der Waals surface area contributed by atoms with Gasteiger partial charge in [-0.2, -0.15) is 18.2 Å². The largest absolute Gasteiger partial charge is 0.451 e. The van der Waals surface area contributed by atoms with Gasteiger partial charge in [-0.25, -0.2) is 9.97 Å². The zero-order chi connectivity index (χ0) is 22.2. The highest BCUT2D eigenvalue weighted by Crippen LogP contribution is 2.38. The van der Waals surface area contributed by atoms with E-state index in [4.69, 9.17) is 0 Å². The lowest BCUT2D eigenvalue weighted by molar-refractivity contribution is -0.144. The predicted octanol–water partition coefficient (Wildman–Crippen LogP) is 4.34. The molecule has 4 rings (SSSR count). The van der Waals surface area contributed by atoms with Crippen molar-refractivity contribution in [2.24, 2.45) is 0 Å². The molecule has 3 heterocycles. The number of ketones is 1. The number of hydrogen-bond acceptors (Lipinski definition) is 7. The molecule has 1 saturated heterocycles. The number of hydrogen-bond donors (Lipinski definition) is 0. The number of rotatable bonds is 6. The van der Waals surface area contributed by atoms with Crippen LogP contribution in [0.3, 0.4) is 0 Å². The number of benzene rings is 1. The summed E-state index contributed by atoms with van der Waals surface area (Å²) >= 11 is 1.23. The molecule has 0 bridgehead atoms. The van der Waals surface area contributed by atoms with Crippen molar-refractivity contribution in [1.29, 1.82) is 0 Å². The average molecular weight is 450 g/mol. The summed E-state index contributed by atoms with van der Waals surface area (Å²) in [6.45, 7) is 0.637. The van der Waals surface area contributed by atoms with E-state index in [-0.39, 0.29) is 23.3 Å². The first kappa shape index (κ1) is 21.5. The molecule has 10 heteroatoms. The summed E-state index contributed by atoms with van der Waals surface area (Å²) in [6, 6.07) is 9.50. The van der Waals surface area contributed by atoms with Crippen LogP contribution in [0.4, 0.5) is 24.1 Å². The van der Waals surface area contributed by atoms with Crippen LogP contribution < -0.4 is 9.80 Å². The topological polar surface area (TPSA) is 62.2 Å². The Hall–Kier alpha value is -2.75. The highest BCUT2D eigenvalue weighted by molar-refractivity contribution is 7.22. The molecular weight excluding hydrogens is 427 g/mol. The Morgan fingerprint density at radius 1 is 1.19 bits per heavy atom. The average Bonchev–Trinajstić information content (AvgIpc) is 3.37. The second-order valence-electron chi connectivity index (χ2n) is 7.72. The van der Waals surface area contributed by atoms with Crippen LogP contribution in [0, 0.1) is 0 Å². The molecule has 1 aliphatic rings. The summed E-state index contributed by atoms with van der Waals surface area (Å²) in [7, 11) is 3.26. The number of anilines is 2. The maximum atomic E-state index is 13.2. The van der Waals surface area contributed by atoms with E-state index in [0.29, 0.717) is 35.6 Å². The van der Waals surface area contributed by atoms with E-state index >= 15 is 0 Å². The third-order valence-electron chi connectivity index (χ3n) is 5.27. The third kappa shape index (κ3) is 4.48. The summed E-state index contributed by atoms with van der Waals surface area (Å²) < 4.78 is 40.2. The molecule has 0 unspecified atom stereocenters. The van der Waals surface area contributed by atoms with Crippen molar-refractivity contribution in [3.05, 3.63) is 41.7 Å². The van der Waals surface area contributed by atoms with Crippen molar-refractivity contribution in [3.8, 4) is 0 Å². The highest BCUT2D eigenvalue weighted by Gasteiger charge is 2.37. The normalized spacial score (nSPS) is 16.8. The maximum Gasteiger partial charge on any atom is 0.451 e. The Kier molecular flexibility index (Phi) is 5.83. The molecule has 3 aromatic rings. The number of halogens is 3. The lowest BCUT2D eigenvalue weighted by Gasteiger charge is -2.22. The maximum absolute atomic E-state index is 13.2. The summed E-state index contributed by atoms with van der Waals surface area (Å²) in [5.41, 5.74) is 1.11. The minimum Gasteiger partial charge on any atom is -0.361 e. The van der Waals surface area contributed by atoms with E-state index in [2.05, 4.69) is 15.0 Å². The molecule has 1 atom stereocenters. The Morgan fingerprint density at radius 2 is 1.94 bits per heavy atom. The number of alkyl halides is 3. The standard InChI is InChI=1S/C21H22F3N5OS/c1-28(2)18-16-17(25-19(27-18)21(22,23)24)26-20(31-16)29-12-6-9-14(29)15(30)11-10-13-7-4-3-5-8-13/h3-5,7-8,14H,6,9-12H2,1-2H3/t14-/m1/s1. The van der Waals surface area contributed by atoms with Gasteiger partial charge in [-0.3, -0.25) is 4.79 Å². The molecule has 1 aromatic carbocycles. The van der Waals surface area contributed by atoms with Crippen molar-refractivity contribution in [3.63, 3.8) is 0 Å². The predicted molar refractivity (Wildman–Crippen MR) is 115 cm³/mol. The van der Waals surface area contributed by atoms with E-state index in [9.17, 15) is 18.0 Å². The number of aryl methyl sites for hydroxylation is 1. The molecule has 1 fully saturated rings. The summed E-state index contributed by atoms with van der Waals surface area (Å²) in [5, 5.41) is 0.516. The lowest BCUT2D eigenvalue weighted by Crippen LogP contribution is -2.36. The molecule has 0 amide bonds. The Bertz CT molecular complexity index is 1080. The van der Waals surface area contributed by atoms with Crippen molar-refractivity contribution >= 4 is 38.4 Å². The van der Waals surface area contributed by atoms with Gasteiger partial charge in [-0.15, -0.1) is 0 Å². The van der Waals surface area contributed by atoms with Crippen LogP contribution in [0.15, 0.2) is 30.3 Å². The quantitative estimate of drug-likeness (QED) is 0.558. The van der Waals surface area contributed by atoms with Gasteiger partial charge in [-0.1, -0.05) is 41.7 Å². The van der Waals surface area contributed by atoms with Gasteiger partial charge in [0, 0.05) is 27.1 Å². The summed E-state index contributed by atoms with van der Waals surface area (Å²) in [4.78, 5) is 28.1. The fourth-order valence-corrected chi connectivity index (χ4v) is 4.91. The van der Waals surface area contributed by atoms with Crippen molar-refractivity contribution < 1.29 is 18.0 Å². The molecule has 31 heavy (non-hydrogen) atoms. The molecule has 0 radical (unpaired) electrons. The van der Waals surface area contributed by atoms with Gasteiger partial charge < -0.3 is 9.80 Å². The van der Waals surface area contributed by atoms with Gasteiger partial charge in [0.25, 0.3) is 0 Å². The molecule has 0 aliphatic carbocycles. The van der Waals surface area contributed by atoms with Crippen LogP contribution in [0.5, 0.6) is 0 Å². The second kappa shape index (κ2) is 8.41. The molecule has 0 saturated carbocycles. The summed E-state index contributed by atoms with van der Waals surface area (Å²) in [6.07, 6.45) is -2.04. The Labute approximate surface area is 181 Å². The zero-order valence-corrected chi connectivity index (χ0v) is 18.0. The monoisotopic (exact) mass is 449 g/mol. The first-order valence-electron chi connectivity index (χ1n) is 10.0. The van der Waals surface area contributed by atoms with Gasteiger partial charge in [-0.05, 0) is 24.8 Å². The number of Topliss-reactive ketones (excluding diaryl/α,β-unsaturated/α-hetero) is 1. The lowest BCUT2D eigenvalue weighted by atomic mass is 10.0. The van der Waals surface area contributed by atoms with Crippen molar-refractivity contribution in [1.82, 2.24) is 15.0 Å². The van der Waals surface area contributed by atoms with Crippen LogP contribution in [-0.4, -0.2) is 47.4 Å². The third-order valence-corrected chi connectivity index (χ3v) is 6.35. The number of fused-ring (bicyclic) bond motifs is 1. The van der Waals surface area contributed by atoms with E-state index in [1.165, 1.54) is 16.2 Å². The number of aromatic nitrogens is 3. The van der Waals surface area contributed by atoms with Gasteiger partial charge in [0.2, 0.25) is 5.82 Å². The minimum atomic E-state index is -4.66. The van der Waals surface area contributed by atoms with E-state index < -0.39 is 12.0 Å². The van der Waals surface area contributed by atoms with Crippen LogP contribution in [0.2, 0.25) is 0 Å². The fraction of sp³-hybridized carbons (Fsp3) is 0.429. The molecule has 6 nitrogen and oxygen atoms in total. The van der Waals surface area contributed by atoms with E-state index in [0.717, 1.165) is 12.0 Å². The zero-order valence-electron chi connectivity index (χ0n) is 17.2. The molecule has 2 aromatic heterocycles. The fourth-order valence-electron chi connectivity index (χ4n) is 3.76. The minimum absolute atomic E-state index is 0.00779. The molecule has 0 spiro atoms. The molecular formula is C21H22F3N5OS. The Morgan fingerprint density at radius 3 is 2.61 bits per heavy atom. The number of thiazole rings is 1. The van der Waals surface area contributed by atoms with Crippen LogP contribution >= 0.6 is 11.3 Å². The first-order valence-corrected chi connectivity index (χ1v) is 10.8. The SMILES string of the molecule is CN(C)c1nc(C(F)(F)F)nc2nc(N3CCC[C@@H]3C(=O)CCc3ccccc3)sc12. The van der Waals surface area contributed by atoms with Gasteiger partial charge in [0.1, 0.15) is 4.70 Å². The van der Waals surface area contributed by atoms with E-state index in [1.54, 1.807) is 14.1 Å². The number of carbonyl (C=O) groups excluding carboxylic acids is 1. The summed E-state index contributed by atoms with van der Waals surface area (Å²) in [5.74, 6) is -0.916. The van der Waals surface area contributed by atoms with Gasteiger partial charge >= 0.3 is 6.18 Å². The number of carbonyl (C=O) groups is 1. The van der Waals surface area contributed by atoms with E-state index in [1.807, 2.05) is 35.2 Å². The number of nitrogens with zero attached hydrogens (tertiary/aromatic N) is 5. The van der Waals surface area contributed by atoms with Crippen LogP contribution in [0.1, 0.15) is 30.7 Å². The molecule has 1 aliphatic heterocycles. The smallest absolute Gasteiger partial charge is 0.361 e. The van der Waals surface area contributed by atoms with Crippen LogP contribution in [0.25, 0.3) is 10.3 Å². The van der Waals surface area contributed by atoms with Gasteiger partial charge in [0.15, 0.2) is 22.4 Å². The second-order valence-corrected chi connectivity index (χ2v) is 8.69. The molecule has 164 valence electrons. The van der Waals surface area contributed by atoms with Gasteiger partial charge in [0.05, 0.1) is 6.04 Å². The van der Waals surface area contributed by atoms with Crippen LogP contribution in [-0.2, 0) is 17.4 Å². The highest BCUT2D eigenvalue weighted by atomic mass is 32.1. The van der Waals surface area contributed by atoms with Crippen molar-refractivity contribution in [2.75, 3.05) is 30.4 Å². The molecule has 0 N–H and O–H groups in total. The Balaban J connectivity index is 1.61. The first-order chi connectivity index (χ1) is 14.7.